The quantitative estimate of drug-likeness (QED) is 0.832. The van der Waals surface area contributed by atoms with Crippen molar-refractivity contribution in [2.24, 2.45) is 0 Å². The summed E-state index contributed by atoms with van der Waals surface area (Å²) in [6, 6.07) is 6.72. The molecule has 0 amide bonds. The van der Waals surface area contributed by atoms with E-state index in [4.69, 9.17) is 0 Å². The van der Waals surface area contributed by atoms with E-state index in [9.17, 15) is 13.2 Å². The molecular weight excluding hydrogens is 250 g/mol. The van der Waals surface area contributed by atoms with Crippen molar-refractivity contribution in [2.45, 2.75) is 18.7 Å². The molecular formula is C13H15NO3S. The average molecular weight is 265 g/mol. The van der Waals surface area contributed by atoms with Gasteiger partial charge in [0.1, 0.15) is 0 Å². The Kier molecular flexibility index (Phi) is 3.36. The van der Waals surface area contributed by atoms with Crippen molar-refractivity contribution < 1.29 is 13.2 Å². The molecule has 0 saturated heterocycles. The molecule has 5 heteroatoms. The number of benzene rings is 1. The number of hydrogen-bond donors (Lipinski definition) is 0. The lowest BCUT2D eigenvalue weighted by molar-refractivity contribution is -0.113. The third-order valence-corrected chi connectivity index (χ3v) is 4.82. The number of sulfonamides is 1. The molecule has 96 valence electrons. The first-order valence-electron chi connectivity index (χ1n) is 5.68. The highest BCUT2D eigenvalue weighted by Crippen LogP contribution is 2.21. The Labute approximate surface area is 107 Å². The van der Waals surface area contributed by atoms with Gasteiger partial charge in [0.15, 0.2) is 5.78 Å². The summed E-state index contributed by atoms with van der Waals surface area (Å²) in [6.45, 7) is 3.80. The minimum Gasteiger partial charge on any atom is -0.295 e. The highest BCUT2D eigenvalue weighted by molar-refractivity contribution is 7.89. The van der Waals surface area contributed by atoms with Gasteiger partial charge in [0.2, 0.25) is 10.0 Å². The number of carbonyl (C=O) groups excluding carboxylic acids is 1. The Morgan fingerprint density at radius 1 is 1.22 bits per heavy atom. The van der Waals surface area contributed by atoms with Gasteiger partial charge in [0.25, 0.3) is 0 Å². The molecule has 1 aromatic rings. The summed E-state index contributed by atoms with van der Waals surface area (Å²) in [4.78, 5) is 11.5. The smallest absolute Gasteiger partial charge is 0.243 e. The molecule has 0 saturated carbocycles. The molecule has 1 aliphatic rings. The predicted molar refractivity (Wildman–Crippen MR) is 68.7 cm³/mol. The van der Waals surface area contributed by atoms with Crippen molar-refractivity contribution in [3.63, 3.8) is 0 Å². The van der Waals surface area contributed by atoms with Crippen LogP contribution in [0.3, 0.4) is 0 Å². The lowest BCUT2D eigenvalue weighted by Gasteiger charge is -2.16. The van der Waals surface area contributed by atoms with Gasteiger partial charge in [-0.15, -0.1) is 0 Å². The number of rotatable bonds is 3. The monoisotopic (exact) mass is 265 g/mol. The summed E-state index contributed by atoms with van der Waals surface area (Å²) in [5.74, 6) is -0.0726. The molecule has 0 fully saturated rings. The van der Waals surface area contributed by atoms with Crippen molar-refractivity contribution in [3.05, 3.63) is 41.5 Å². The number of Topliss-reactive ketones (excluding diaryl/α,β-unsaturated/α-hetero) is 1. The van der Waals surface area contributed by atoms with Crippen molar-refractivity contribution in [1.82, 2.24) is 4.31 Å². The fourth-order valence-electron chi connectivity index (χ4n) is 1.83. The Morgan fingerprint density at radius 3 is 2.33 bits per heavy atom. The molecule has 0 radical (unpaired) electrons. The number of carbonyl (C=O) groups is 1. The van der Waals surface area contributed by atoms with E-state index in [0.717, 1.165) is 5.56 Å². The summed E-state index contributed by atoms with van der Waals surface area (Å²) < 4.78 is 25.9. The van der Waals surface area contributed by atoms with E-state index in [2.05, 4.69) is 0 Å². The Balaban J connectivity index is 2.24. The van der Waals surface area contributed by atoms with Crippen LogP contribution >= 0.6 is 0 Å². The van der Waals surface area contributed by atoms with Gasteiger partial charge in [-0.25, -0.2) is 8.42 Å². The van der Waals surface area contributed by atoms with E-state index in [0.29, 0.717) is 5.57 Å². The highest BCUT2D eigenvalue weighted by Gasteiger charge is 2.28. The summed E-state index contributed by atoms with van der Waals surface area (Å²) in [5, 5.41) is 0. The van der Waals surface area contributed by atoms with E-state index < -0.39 is 10.0 Å². The number of aryl methyl sites for hydroxylation is 1. The van der Waals surface area contributed by atoms with Crippen molar-refractivity contribution >= 4 is 15.8 Å². The fourth-order valence-corrected chi connectivity index (χ4v) is 3.19. The Bertz CT molecular complexity index is 600. The van der Waals surface area contributed by atoms with Crippen LogP contribution in [0, 0.1) is 6.92 Å². The summed E-state index contributed by atoms with van der Waals surface area (Å²) in [6.07, 6.45) is 1.67. The maximum atomic E-state index is 12.3. The molecule has 0 N–H and O–H groups in total. The SMILES string of the molecule is CC(=O)C1=CCN(S(=O)(=O)c2ccc(C)cc2)C1. The minimum atomic E-state index is -3.49. The third-order valence-electron chi connectivity index (χ3n) is 3.00. The molecule has 18 heavy (non-hydrogen) atoms. The van der Waals surface area contributed by atoms with E-state index in [1.54, 1.807) is 30.3 Å². The van der Waals surface area contributed by atoms with Crippen molar-refractivity contribution in [1.29, 1.82) is 0 Å². The van der Waals surface area contributed by atoms with Gasteiger partial charge in [-0.3, -0.25) is 4.79 Å². The molecule has 0 bridgehead atoms. The molecule has 2 rings (SSSR count). The van der Waals surface area contributed by atoms with Crippen LogP contribution < -0.4 is 0 Å². The molecule has 0 spiro atoms. The highest BCUT2D eigenvalue weighted by atomic mass is 32.2. The van der Waals surface area contributed by atoms with Crippen LogP contribution in [-0.2, 0) is 14.8 Å². The van der Waals surface area contributed by atoms with Crippen LogP contribution in [0.15, 0.2) is 40.8 Å². The van der Waals surface area contributed by atoms with Gasteiger partial charge in [-0.2, -0.15) is 4.31 Å². The molecule has 4 nitrogen and oxygen atoms in total. The summed E-state index contributed by atoms with van der Waals surface area (Å²) >= 11 is 0. The van der Waals surface area contributed by atoms with E-state index >= 15 is 0 Å². The maximum Gasteiger partial charge on any atom is 0.243 e. The zero-order valence-electron chi connectivity index (χ0n) is 10.4. The van der Waals surface area contributed by atoms with Crippen LogP contribution in [-0.4, -0.2) is 31.6 Å². The molecule has 0 unspecified atom stereocenters. The third kappa shape index (κ3) is 2.37. The number of ketones is 1. The average Bonchev–Trinajstić information content (AvgIpc) is 2.79. The topological polar surface area (TPSA) is 54.5 Å². The molecule has 0 aliphatic carbocycles. The first-order valence-corrected chi connectivity index (χ1v) is 7.12. The lowest BCUT2D eigenvalue weighted by Crippen LogP contribution is -2.29. The largest absolute Gasteiger partial charge is 0.295 e. The fraction of sp³-hybridized carbons (Fsp3) is 0.308. The first kappa shape index (κ1) is 13.0. The standard InChI is InChI=1S/C13H15NO3S/c1-10-3-5-13(6-4-10)18(16,17)14-8-7-12(9-14)11(2)15/h3-7H,8-9H2,1-2H3. The Morgan fingerprint density at radius 2 is 1.83 bits per heavy atom. The zero-order chi connectivity index (χ0) is 13.3. The lowest BCUT2D eigenvalue weighted by atomic mass is 10.2. The molecule has 0 atom stereocenters. The van der Waals surface area contributed by atoms with Gasteiger partial charge >= 0.3 is 0 Å². The van der Waals surface area contributed by atoms with Gasteiger partial charge in [0, 0.05) is 18.7 Å². The molecule has 1 aliphatic heterocycles. The minimum absolute atomic E-state index is 0.0726. The predicted octanol–water partition coefficient (Wildman–Crippen LogP) is 1.51. The van der Waals surface area contributed by atoms with Crippen molar-refractivity contribution in [3.8, 4) is 0 Å². The second-order valence-electron chi connectivity index (χ2n) is 4.40. The summed E-state index contributed by atoms with van der Waals surface area (Å²) in [5.41, 5.74) is 1.57. The van der Waals surface area contributed by atoms with E-state index in [1.165, 1.54) is 11.2 Å². The van der Waals surface area contributed by atoms with Crippen LogP contribution in [0.25, 0.3) is 0 Å². The van der Waals surface area contributed by atoms with Crippen LogP contribution in [0.1, 0.15) is 12.5 Å². The maximum absolute atomic E-state index is 12.3. The van der Waals surface area contributed by atoms with Crippen LogP contribution in [0.5, 0.6) is 0 Å². The first-order chi connectivity index (χ1) is 8.41. The number of hydrogen-bond acceptors (Lipinski definition) is 3. The van der Waals surface area contributed by atoms with Crippen LogP contribution in [0.4, 0.5) is 0 Å². The summed E-state index contributed by atoms with van der Waals surface area (Å²) in [7, 11) is -3.49. The Hall–Kier alpha value is -1.46. The van der Waals surface area contributed by atoms with Gasteiger partial charge in [-0.1, -0.05) is 23.8 Å². The van der Waals surface area contributed by atoms with Crippen molar-refractivity contribution in [2.75, 3.05) is 13.1 Å². The second-order valence-corrected chi connectivity index (χ2v) is 6.33. The van der Waals surface area contributed by atoms with E-state index in [1.807, 2.05) is 6.92 Å². The molecule has 0 aromatic heterocycles. The van der Waals surface area contributed by atoms with Gasteiger partial charge in [-0.05, 0) is 26.0 Å². The second kappa shape index (κ2) is 4.66. The zero-order valence-corrected chi connectivity index (χ0v) is 11.2. The normalized spacial score (nSPS) is 16.7. The number of nitrogens with zero attached hydrogens (tertiary/aromatic N) is 1. The van der Waals surface area contributed by atoms with Gasteiger partial charge in [0.05, 0.1) is 4.90 Å². The van der Waals surface area contributed by atoms with Gasteiger partial charge < -0.3 is 0 Å². The van der Waals surface area contributed by atoms with E-state index in [-0.39, 0.29) is 23.8 Å². The molecule has 1 heterocycles. The molecule has 1 aromatic carbocycles. The van der Waals surface area contributed by atoms with Crippen LogP contribution in [0.2, 0.25) is 0 Å².